The molecule has 4 heteroatoms. The van der Waals surface area contributed by atoms with Crippen LogP contribution in [-0.4, -0.2) is 14.5 Å². The third-order valence-corrected chi connectivity index (χ3v) is 3.23. The first kappa shape index (κ1) is 11.8. The molecule has 0 aliphatic carbocycles. The molecule has 0 saturated carbocycles. The summed E-state index contributed by atoms with van der Waals surface area (Å²) < 4.78 is 2.08. The van der Waals surface area contributed by atoms with Crippen molar-refractivity contribution in [3.05, 3.63) is 47.0 Å². The topological polar surface area (TPSA) is 43.8 Å². The lowest BCUT2D eigenvalue weighted by Gasteiger charge is -2.10. The van der Waals surface area contributed by atoms with Crippen molar-refractivity contribution in [1.82, 2.24) is 9.55 Å². The molecular weight excluding hydrogens is 230 g/mol. The molecule has 2 N–H and O–H groups in total. The average Bonchev–Trinajstić information content (AvgIpc) is 2.60. The van der Waals surface area contributed by atoms with E-state index in [1.54, 1.807) is 0 Å². The summed E-state index contributed by atoms with van der Waals surface area (Å²) in [6.07, 6.45) is 1.84. The Labute approximate surface area is 106 Å². The molecule has 0 aliphatic rings. The zero-order valence-corrected chi connectivity index (χ0v) is 11.0. The van der Waals surface area contributed by atoms with Crippen LogP contribution in [0.2, 0.25) is 0 Å². The minimum Gasteiger partial charge on any atom is -0.389 e. The van der Waals surface area contributed by atoms with Crippen LogP contribution in [0, 0.1) is 20.8 Å². The van der Waals surface area contributed by atoms with Gasteiger partial charge in [0.1, 0.15) is 4.99 Å². The third kappa shape index (κ3) is 2.08. The van der Waals surface area contributed by atoms with E-state index in [0.29, 0.717) is 4.99 Å². The highest BCUT2D eigenvalue weighted by Gasteiger charge is 2.08. The van der Waals surface area contributed by atoms with Crippen LogP contribution in [-0.2, 0) is 0 Å². The van der Waals surface area contributed by atoms with Gasteiger partial charge in [-0.1, -0.05) is 12.2 Å². The first-order chi connectivity index (χ1) is 8.00. The van der Waals surface area contributed by atoms with E-state index in [0.717, 1.165) is 28.2 Å². The van der Waals surface area contributed by atoms with Crippen molar-refractivity contribution in [2.24, 2.45) is 5.73 Å². The fraction of sp³-hybridized carbons (Fsp3) is 0.231. The molecule has 0 saturated heterocycles. The van der Waals surface area contributed by atoms with Crippen LogP contribution in [0.25, 0.3) is 5.69 Å². The predicted molar refractivity (Wildman–Crippen MR) is 73.7 cm³/mol. The number of imidazole rings is 1. The van der Waals surface area contributed by atoms with Gasteiger partial charge in [-0.25, -0.2) is 4.98 Å². The Morgan fingerprint density at radius 2 is 2.00 bits per heavy atom. The quantitative estimate of drug-likeness (QED) is 0.826. The standard InChI is InChI=1S/C13H15N3S/c1-8-6-11(13(14)17)4-5-12(8)16-7-15-9(2)10(16)3/h4-7H,1-3H3,(H2,14,17). The average molecular weight is 245 g/mol. The molecule has 88 valence electrons. The van der Waals surface area contributed by atoms with Crippen LogP contribution in [0.4, 0.5) is 0 Å². The van der Waals surface area contributed by atoms with E-state index < -0.39 is 0 Å². The molecule has 0 radical (unpaired) electrons. The summed E-state index contributed by atoms with van der Waals surface area (Å²) in [5, 5.41) is 0. The molecule has 3 nitrogen and oxygen atoms in total. The number of hydrogen-bond acceptors (Lipinski definition) is 2. The predicted octanol–water partition coefficient (Wildman–Crippen LogP) is 2.43. The fourth-order valence-corrected chi connectivity index (χ4v) is 1.95. The molecule has 0 spiro atoms. The number of rotatable bonds is 2. The van der Waals surface area contributed by atoms with Crippen molar-refractivity contribution < 1.29 is 0 Å². The Bertz CT molecular complexity index is 584. The minimum atomic E-state index is 0.429. The van der Waals surface area contributed by atoms with E-state index in [4.69, 9.17) is 18.0 Å². The zero-order valence-electron chi connectivity index (χ0n) is 10.2. The van der Waals surface area contributed by atoms with Gasteiger partial charge in [-0.2, -0.15) is 0 Å². The molecule has 1 aromatic heterocycles. The van der Waals surface area contributed by atoms with Gasteiger partial charge in [-0.3, -0.25) is 0 Å². The van der Waals surface area contributed by atoms with Gasteiger partial charge in [0.15, 0.2) is 0 Å². The second-order valence-corrected chi connectivity index (χ2v) is 4.59. The second kappa shape index (κ2) is 4.30. The largest absolute Gasteiger partial charge is 0.389 e. The molecule has 2 aromatic rings. The van der Waals surface area contributed by atoms with Crippen molar-refractivity contribution >= 4 is 17.2 Å². The van der Waals surface area contributed by atoms with Crippen LogP contribution in [0.1, 0.15) is 22.5 Å². The molecule has 0 fully saturated rings. The molecule has 0 atom stereocenters. The molecule has 0 bridgehead atoms. The van der Waals surface area contributed by atoms with Crippen LogP contribution in [0.15, 0.2) is 24.5 Å². The number of thiocarbonyl (C=S) groups is 1. The summed E-state index contributed by atoms with van der Waals surface area (Å²) in [5.74, 6) is 0. The lowest BCUT2D eigenvalue weighted by atomic mass is 10.1. The van der Waals surface area contributed by atoms with Gasteiger partial charge < -0.3 is 10.3 Å². The van der Waals surface area contributed by atoms with Crippen LogP contribution >= 0.6 is 12.2 Å². The summed E-state index contributed by atoms with van der Waals surface area (Å²) in [5.41, 5.74) is 11.0. The molecule has 1 aromatic carbocycles. The van der Waals surface area contributed by atoms with Crippen molar-refractivity contribution in [3.8, 4) is 5.69 Å². The monoisotopic (exact) mass is 245 g/mol. The highest BCUT2D eigenvalue weighted by Crippen LogP contribution is 2.19. The van der Waals surface area contributed by atoms with Crippen molar-refractivity contribution in [1.29, 1.82) is 0 Å². The number of nitrogens with two attached hydrogens (primary N) is 1. The highest BCUT2D eigenvalue weighted by atomic mass is 32.1. The number of hydrogen-bond donors (Lipinski definition) is 1. The van der Waals surface area contributed by atoms with Gasteiger partial charge in [0, 0.05) is 16.9 Å². The smallest absolute Gasteiger partial charge is 0.103 e. The molecule has 0 aliphatic heterocycles. The van der Waals surface area contributed by atoms with E-state index in [-0.39, 0.29) is 0 Å². The lowest BCUT2D eigenvalue weighted by Crippen LogP contribution is -2.10. The summed E-state index contributed by atoms with van der Waals surface area (Å²) >= 11 is 4.97. The molecular formula is C13H15N3S. The molecule has 0 unspecified atom stereocenters. The number of aromatic nitrogens is 2. The Balaban J connectivity index is 2.54. The molecule has 17 heavy (non-hydrogen) atoms. The van der Waals surface area contributed by atoms with Crippen LogP contribution < -0.4 is 5.73 Å². The first-order valence-corrected chi connectivity index (χ1v) is 5.83. The van der Waals surface area contributed by atoms with E-state index in [2.05, 4.69) is 16.5 Å². The summed E-state index contributed by atoms with van der Waals surface area (Å²) in [6, 6.07) is 5.98. The zero-order chi connectivity index (χ0) is 12.6. The molecule has 0 amide bonds. The third-order valence-electron chi connectivity index (χ3n) is 2.99. The summed E-state index contributed by atoms with van der Waals surface area (Å²) in [6.45, 7) is 6.11. The van der Waals surface area contributed by atoms with Gasteiger partial charge in [0.2, 0.25) is 0 Å². The minimum absolute atomic E-state index is 0.429. The maximum atomic E-state index is 5.62. The highest BCUT2D eigenvalue weighted by molar-refractivity contribution is 7.80. The Morgan fingerprint density at radius 1 is 1.29 bits per heavy atom. The first-order valence-electron chi connectivity index (χ1n) is 5.42. The van der Waals surface area contributed by atoms with Gasteiger partial charge in [0.05, 0.1) is 12.0 Å². The van der Waals surface area contributed by atoms with E-state index >= 15 is 0 Å². The maximum Gasteiger partial charge on any atom is 0.103 e. The normalized spacial score (nSPS) is 10.5. The Morgan fingerprint density at radius 3 is 2.47 bits per heavy atom. The van der Waals surface area contributed by atoms with Gasteiger partial charge in [-0.05, 0) is 44.5 Å². The van der Waals surface area contributed by atoms with Gasteiger partial charge in [-0.15, -0.1) is 0 Å². The van der Waals surface area contributed by atoms with Gasteiger partial charge in [0.25, 0.3) is 0 Å². The van der Waals surface area contributed by atoms with Crippen molar-refractivity contribution in [2.75, 3.05) is 0 Å². The Hall–Kier alpha value is -1.68. The maximum absolute atomic E-state index is 5.62. The van der Waals surface area contributed by atoms with E-state index in [1.807, 2.05) is 38.4 Å². The SMILES string of the molecule is Cc1cc(C(N)=S)ccc1-n1cnc(C)c1C. The van der Waals surface area contributed by atoms with Crippen molar-refractivity contribution in [3.63, 3.8) is 0 Å². The fourth-order valence-electron chi connectivity index (χ4n) is 1.82. The lowest BCUT2D eigenvalue weighted by molar-refractivity contribution is 0.988. The number of aryl methyl sites for hydroxylation is 2. The summed E-state index contributed by atoms with van der Waals surface area (Å²) in [4.78, 5) is 4.73. The van der Waals surface area contributed by atoms with Crippen molar-refractivity contribution in [2.45, 2.75) is 20.8 Å². The van der Waals surface area contributed by atoms with Crippen LogP contribution in [0.5, 0.6) is 0 Å². The second-order valence-electron chi connectivity index (χ2n) is 4.15. The van der Waals surface area contributed by atoms with E-state index in [1.165, 1.54) is 0 Å². The van der Waals surface area contributed by atoms with Crippen LogP contribution in [0.3, 0.4) is 0 Å². The van der Waals surface area contributed by atoms with Gasteiger partial charge >= 0.3 is 0 Å². The van der Waals surface area contributed by atoms with E-state index in [9.17, 15) is 0 Å². The molecule has 1 heterocycles. The molecule has 2 rings (SSSR count). The Kier molecular flexibility index (Phi) is 2.98. The number of nitrogens with zero attached hydrogens (tertiary/aromatic N) is 2. The number of benzene rings is 1. The summed E-state index contributed by atoms with van der Waals surface area (Å²) in [7, 11) is 0.